The smallest absolute Gasteiger partial charge is 0.240 e. The zero-order valence-electron chi connectivity index (χ0n) is 12.9. The van der Waals surface area contributed by atoms with E-state index in [-0.39, 0.29) is 17.5 Å². The van der Waals surface area contributed by atoms with E-state index in [0.717, 1.165) is 19.3 Å². The number of ether oxygens (including phenoxy) is 1. The number of aliphatic hydroxyl groups excluding tert-OH is 1. The number of sulfonamides is 1. The van der Waals surface area contributed by atoms with Crippen LogP contribution in [0.4, 0.5) is 0 Å². The molecule has 0 saturated carbocycles. The van der Waals surface area contributed by atoms with Crippen molar-refractivity contribution in [2.75, 3.05) is 6.61 Å². The predicted octanol–water partition coefficient (Wildman–Crippen LogP) is 2.43. The van der Waals surface area contributed by atoms with Gasteiger partial charge >= 0.3 is 0 Å². The quantitative estimate of drug-likeness (QED) is 0.734. The van der Waals surface area contributed by atoms with Gasteiger partial charge in [0, 0.05) is 11.6 Å². The number of nitrogens with one attached hydrogen (secondary N) is 1. The maximum atomic E-state index is 12.3. The number of unbranched alkanes of at least 4 members (excludes halogenated alkanes) is 1. The van der Waals surface area contributed by atoms with Gasteiger partial charge in [-0.25, -0.2) is 13.1 Å². The van der Waals surface area contributed by atoms with Crippen LogP contribution in [-0.2, 0) is 16.6 Å². The zero-order valence-corrected chi connectivity index (χ0v) is 13.7. The molecule has 0 aliphatic rings. The highest BCUT2D eigenvalue weighted by atomic mass is 32.2. The van der Waals surface area contributed by atoms with Crippen molar-refractivity contribution in [2.24, 2.45) is 0 Å². The summed E-state index contributed by atoms with van der Waals surface area (Å²) in [5.74, 6) is 0.512. The van der Waals surface area contributed by atoms with Crippen molar-refractivity contribution in [2.45, 2.75) is 57.6 Å². The van der Waals surface area contributed by atoms with Crippen molar-refractivity contribution in [3.63, 3.8) is 0 Å². The molecule has 5 nitrogen and oxygen atoms in total. The summed E-state index contributed by atoms with van der Waals surface area (Å²) in [6, 6.07) is 4.43. The van der Waals surface area contributed by atoms with Crippen LogP contribution in [0.3, 0.4) is 0 Å². The van der Waals surface area contributed by atoms with Gasteiger partial charge in [0.2, 0.25) is 10.0 Å². The lowest BCUT2D eigenvalue weighted by molar-refractivity contribution is 0.266. The summed E-state index contributed by atoms with van der Waals surface area (Å²) in [6.07, 6.45) is 2.82. The molecule has 1 aromatic rings. The molecule has 21 heavy (non-hydrogen) atoms. The standard InChI is InChI=1S/C15H25NO4S/c1-4-6-7-12(3)16-21(18,19)14-8-9-15(20-5-2)13(10-14)11-17/h8-10,12,16-17H,4-7,11H2,1-3H3. The molecule has 0 saturated heterocycles. The van der Waals surface area contributed by atoms with E-state index in [9.17, 15) is 13.5 Å². The molecule has 1 rings (SSSR count). The van der Waals surface area contributed by atoms with Gasteiger partial charge in [0.25, 0.3) is 0 Å². The molecule has 120 valence electrons. The van der Waals surface area contributed by atoms with Crippen molar-refractivity contribution in [3.8, 4) is 5.75 Å². The number of rotatable bonds is 9. The number of aliphatic hydroxyl groups is 1. The first kappa shape index (κ1) is 17.9. The van der Waals surface area contributed by atoms with Crippen LogP contribution >= 0.6 is 0 Å². The molecule has 1 aromatic carbocycles. The SMILES string of the molecule is CCCCC(C)NS(=O)(=O)c1ccc(OCC)c(CO)c1. The van der Waals surface area contributed by atoms with E-state index in [1.807, 2.05) is 13.8 Å². The van der Waals surface area contributed by atoms with Crippen molar-refractivity contribution in [1.29, 1.82) is 0 Å². The topological polar surface area (TPSA) is 75.6 Å². The molecule has 1 atom stereocenters. The van der Waals surface area contributed by atoms with E-state index in [4.69, 9.17) is 4.74 Å². The lowest BCUT2D eigenvalue weighted by atomic mass is 10.2. The molecule has 0 amide bonds. The Kier molecular flexibility index (Phi) is 7.14. The Balaban J connectivity index is 2.92. The zero-order chi connectivity index (χ0) is 15.9. The van der Waals surface area contributed by atoms with E-state index in [0.29, 0.717) is 17.9 Å². The third kappa shape index (κ3) is 5.30. The minimum Gasteiger partial charge on any atom is -0.494 e. The fourth-order valence-electron chi connectivity index (χ4n) is 2.04. The average Bonchev–Trinajstić information content (AvgIpc) is 2.45. The Bertz CT molecular complexity index is 543. The maximum Gasteiger partial charge on any atom is 0.240 e. The van der Waals surface area contributed by atoms with Crippen LogP contribution in [0.2, 0.25) is 0 Å². The van der Waals surface area contributed by atoms with E-state index in [2.05, 4.69) is 11.6 Å². The minimum atomic E-state index is -3.57. The molecule has 0 radical (unpaired) electrons. The first-order valence-electron chi connectivity index (χ1n) is 7.33. The molecule has 0 spiro atoms. The average molecular weight is 315 g/mol. The fraction of sp³-hybridized carbons (Fsp3) is 0.600. The number of hydrogen-bond acceptors (Lipinski definition) is 4. The van der Waals surface area contributed by atoms with Crippen molar-refractivity contribution in [3.05, 3.63) is 23.8 Å². The number of hydrogen-bond donors (Lipinski definition) is 2. The molecule has 0 bridgehead atoms. The summed E-state index contributed by atoms with van der Waals surface area (Å²) in [5, 5.41) is 9.34. The van der Waals surface area contributed by atoms with Gasteiger partial charge in [0.15, 0.2) is 0 Å². The predicted molar refractivity (Wildman–Crippen MR) is 82.8 cm³/mol. The van der Waals surface area contributed by atoms with E-state index in [1.165, 1.54) is 12.1 Å². The lowest BCUT2D eigenvalue weighted by Gasteiger charge is -2.15. The summed E-state index contributed by atoms with van der Waals surface area (Å²) in [5.41, 5.74) is 0.473. The lowest BCUT2D eigenvalue weighted by Crippen LogP contribution is -2.32. The van der Waals surface area contributed by atoms with E-state index in [1.54, 1.807) is 6.07 Å². The highest BCUT2D eigenvalue weighted by molar-refractivity contribution is 7.89. The van der Waals surface area contributed by atoms with Gasteiger partial charge in [0.1, 0.15) is 5.75 Å². The minimum absolute atomic E-state index is 0.112. The van der Waals surface area contributed by atoms with Crippen LogP contribution in [0.5, 0.6) is 5.75 Å². The highest BCUT2D eigenvalue weighted by Gasteiger charge is 2.18. The summed E-state index contributed by atoms with van der Waals surface area (Å²) in [6.45, 7) is 5.97. The van der Waals surface area contributed by atoms with Crippen LogP contribution in [0.25, 0.3) is 0 Å². The van der Waals surface area contributed by atoms with Gasteiger partial charge in [-0.15, -0.1) is 0 Å². The van der Waals surface area contributed by atoms with Crippen molar-refractivity contribution >= 4 is 10.0 Å². The van der Waals surface area contributed by atoms with Gasteiger partial charge in [-0.3, -0.25) is 0 Å². The second-order valence-electron chi connectivity index (χ2n) is 5.03. The molecular weight excluding hydrogens is 290 g/mol. The second-order valence-corrected chi connectivity index (χ2v) is 6.74. The van der Waals surface area contributed by atoms with Gasteiger partial charge in [-0.1, -0.05) is 19.8 Å². The Morgan fingerprint density at radius 2 is 2.05 bits per heavy atom. The molecule has 0 heterocycles. The molecule has 2 N–H and O–H groups in total. The first-order chi connectivity index (χ1) is 9.94. The normalized spacial score (nSPS) is 13.1. The molecule has 0 aliphatic carbocycles. The van der Waals surface area contributed by atoms with Crippen LogP contribution in [0.1, 0.15) is 45.6 Å². The van der Waals surface area contributed by atoms with Crippen molar-refractivity contribution in [1.82, 2.24) is 4.72 Å². The Hall–Kier alpha value is -1.11. The van der Waals surface area contributed by atoms with Gasteiger partial charge in [-0.2, -0.15) is 0 Å². The monoisotopic (exact) mass is 315 g/mol. The van der Waals surface area contributed by atoms with Crippen LogP contribution in [-0.4, -0.2) is 26.2 Å². The summed E-state index contributed by atoms with van der Waals surface area (Å²) < 4.78 is 32.6. The van der Waals surface area contributed by atoms with Crippen molar-refractivity contribution < 1.29 is 18.3 Å². The Morgan fingerprint density at radius 1 is 1.33 bits per heavy atom. The molecule has 0 aromatic heterocycles. The molecular formula is C15H25NO4S. The van der Waals surface area contributed by atoms with Gasteiger partial charge < -0.3 is 9.84 Å². The van der Waals surface area contributed by atoms with Crippen LogP contribution < -0.4 is 9.46 Å². The third-order valence-corrected chi connectivity index (χ3v) is 4.75. The van der Waals surface area contributed by atoms with Crippen LogP contribution in [0.15, 0.2) is 23.1 Å². The maximum absolute atomic E-state index is 12.3. The first-order valence-corrected chi connectivity index (χ1v) is 8.81. The van der Waals surface area contributed by atoms with Crippen LogP contribution in [0, 0.1) is 0 Å². The Morgan fingerprint density at radius 3 is 2.62 bits per heavy atom. The fourth-order valence-corrected chi connectivity index (χ4v) is 3.37. The summed E-state index contributed by atoms with van der Waals surface area (Å²) >= 11 is 0. The van der Waals surface area contributed by atoms with Gasteiger partial charge in [-0.05, 0) is 38.5 Å². The molecule has 1 unspecified atom stereocenters. The third-order valence-electron chi connectivity index (χ3n) is 3.16. The van der Waals surface area contributed by atoms with E-state index < -0.39 is 10.0 Å². The molecule has 6 heteroatoms. The van der Waals surface area contributed by atoms with Gasteiger partial charge in [0.05, 0.1) is 18.1 Å². The molecule has 0 fully saturated rings. The number of benzene rings is 1. The summed E-state index contributed by atoms with van der Waals surface area (Å²) in [4.78, 5) is 0.151. The van der Waals surface area contributed by atoms with E-state index >= 15 is 0 Å². The molecule has 0 aliphatic heterocycles. The second kappa shape index (κ2) is 8.36. The largest absolute Gasteiger partial charge is 0.494 e. The summed E-state index contributed by atoms with van der Waals surface area (Å²) in [7, 11) is -3.57. The highest BCUT2D eigenvalue weighted by Crippen LogP contribution is 2.23. The Labute approximate surface area is 127 Å².